The maximum Gasteiger partial charge on any atom is 0.314 e. The van der Waals surface area contributed by atoms with Gasteiger partial charge in [0.15, 0.2) is 0 Å². The molecule has 3 nitrogen and oxygen atoms in total. The second-order valence-corrected chi connectivity index (χ2v) is 10.5. The van der Waals surface area contributed by atoms with Crippen LogP contribution in [0.5, 0.6) is 0 Å². The molecular formula is C35H37NO2. The largest absolute Gasteiger partial charge is 0.481 e. The van der Waals surface area contributed by atoms with Crippen LogP contribution in [0.15, 0.2) is 115 Å². The van der Waals surface area contributed by atoms with E-state index in [9.17, 15) is 9.90 Å². The first kappa shape index (κ1) is 25.9. The standard InChI is InChI=1S/C35H37NO2/c1-2-28-18-20-29(21-19-28)34(33(37)38)22-25-36(26-23-34)27-24-35(30-12-6-3-7-13-30,31-14-8-4-9-15-31)32-16-10-5-11-17-32/h3-21H,2,22-27H2,1H3,(H,37,38). The summed E-state index contributed by atoms with van der Waals surface area (Å²) < 4.78 is 0. The zero-order valence-corrected chi connectivity index (χ0v) is 22.2. The van der Waals surface area contributed by atoms with Gasteiger partial charge in [0, 0.05) is 5.41 Å². The quantitative estimate of drug-likeness (QED) is 0.248. The molecule has 5 rings (SSSR count). The molecule has 4 aromatic rings. The normalized spacial score (nSPS) is 15.7. The highest BCUT2D eigenvalue weighted by molar-refractivity contribution is 5.81. The van der Waals surface area contributed by atoms with E-state index in [1.54, 1.807) is 0 Å². The van der Waals surface area contributed by atoms with Gasteiger partial charge in [-0.3, -0.25) is 4.79 Å². The van der Waals surface area contributed by atoms with Crippen molar-refractivity contribution in [1.29, 1.82) is 0 Å². The fourth-order valence-corrected chi connectivity index (χ4v) is 6.27. The molecule has 1 saturated heterocycles. The number of carbonyl (C=O) groups is 1. The molecule has 0 amide bonds. The number of aliphatic carboxylic acids is 1. The maximum absolute atomic E-state index is 12.6. The van der Waals surface area contributed by atoms with Crippen LogP contribution in [0.2, 0.25) is 0 Å². The Morgan fingerprint density at radius 1 is 0.737 bits per heavy atom. The molecule has 1 aliphatic rings. The van der Waals surface area contributed by atoms with Crippen molar-refractivity contribution in [2.45, 2.75) is 43.4 Å². The Bertz CT molecular complexity index is 1210. The molecule has 0 atom stereocenters. The number of aryl methyl sites for hydroxylation is 1. The Morgan fingerprint density at radius 3 is 1.58 bits per heavy atom. The van der Waals surface area contributed by atoms with Gasteiger partial charge in [-0.15, -0.1) is 0 Å². The molecule has 1 heterocycles. The average Bonchev–Trinajstić information content (AvgIpc) is 2.99. The van der Waals surface area contributed by atoms with Gasteiger partial charge in [-0.25, -0.2) is 0 Å². The minimum atomic E-state index is -0.807. The third-order valence-corrected chi connectivity index (χ3v) is 8.64. The summed E-state index contributed by atoms with van der Waals surface area (Å²) >= 11 is 0. The third-order valence-electron chi connectivity index (χ3n) is 8.64. The van der Waals surface area contributed by atoms with Gasteiger partial charge >= 0.3 is 5.97 Å². The lowest BCUT2D eigenvalue weighted by molar-refractivity contribution is -0.146. The summed E-state index contributed by atoms with van der Waals surface area (Å²) in [6.45, 7) is 4.57. The Kier molecular flexibility index (Phi) is 7.76. The number of likely N-dealkylation sites (tertiary alicyclic amines) is 1. The zero-order chi connectivity index (χ0) is 26.4. The lowest BCUT2D eigenvalue weighted by Gasteiger charge is -2.42. The molecule has 194 valence electrons. The number of benzene rings is 4. The first-order valence-electron chi connectivity index (χ1n) is 13.8. The van der Waals surface area contributed by atoms with E-state index in [4.69, 9.17) is 0 Å². The molecule has 38 heavy (non-hydrogen) atoms. The van der Waals surface area contributed by atoms with Crippen LogP contribution < -0.4 is 0 Å². The zero-order valence-electron chi connectivity index (χ0n) is 22.2. The number of rotatable bonds is 9. The molecule has 3 heteroatoms. The summed E-state index contributed by atoms with van der Waals surface area (Å²) in [5.74, 6) is -0.700. The van der Waals surface area contributed by atoms with Crippen LogP contribution in [0, 0.1) is 0 Å². The molecule has 0 spiro atoms. The van der Waals surface area contributed by atoms with Crippen LogP contribution in [0.1, 0.15) is 54.0 Å². The van der Waals surface area contributed by atoms with Gasteiger partial charge in [0.25, 0.3) is 0 Å². The highest BCUT2D eigenvalue weighted by Gasteiger charge is 2.44. The van der Waals surface area contributed by atoms with Crippen LogP contribution in [0.4, 0.5) is 0 Å². The summed E-state index contributed by atoms with van der Waals surface area (Å²) in [7, 11) is 0. The second kappa shape index (κ2) is 11.4. The molecule has 4 aromatic carbocycles. The van der Waals surface area contributed by atoms with Crippen LogP contribution in [-0.4, -0.2) is 35.6 Å². The fraction of sp³-hybridized carbons (Fsp3) is 0.286. The Hall–Kier alpha value is -3.69. The van der Waals surface area contributed by atoms with E-state index in [0.717, 1.165) is 38.0 Å². The second-order valence-electron chi connectivity index (χ2n) is 10.5. The predicted octanol–water partition coefficient (Wildman–Crippen LogP) is 7.09. The van der Waals surface area contributed by atoms with Crippen molar-refractivity contribution >= 4 is 5.97 Å². The third kappa shape index (κ3) is 4.91. The van der Waals surface area contributed by atoms with E-state index in [1.807, 2.05) is 12.1 Å². The van der Waals surface area contributed by atoms with Crippen molar-refractivity contribution in [3.05, 3.63) is 143 Å². The maximum atomic E-state index is 12.6. The van der Waals surface area contributed by atoms with Gasteiger partial charge in [-0.2, -0.15) is 0 Å². The molecule has 0 unspecified atom stereocenters. The minimum absolute atomic E-state index is 0.291. The summed E-state index contributed by atoms with van der Waals surface area (Å²) in [4.78, 5) is 15.1. The monoisotopic (exact) mass is 503 g/mol. The fourth-order valence-electron chi connectivity index (χ4n) is 6.27. The molecule has 0 aromatic heterocycles. The average molecular weight is 504 g/mol. The highest BCUT2D eigenvalue weighted by atomic mass is 16.4. The van der Waals surface area contributed by atoms with Crippen LogP contribution in [-0.2, 0) is 22.0 Å². The molecule has 1 aliphatic heterocycles. The molecule has 1 N–H and O–H groups in total. The van der Waals surface area contributed by atoms with Crippen molar-refractivity contribution in [2.75, 3.05) is 19.6 Å². The van der Waals surface area contributed by atoms with Crippen molar-refractivity contribution in [1.82, 2.24) is 4.90 Å². The van der Waals surface area contributed by atoms with Gasteiger partial charge in [0.2, 0.25) is 0 Å². The molecule has 0 radical (unpaired) electrons. The number of nitrogens with zero attached hydrogens (tertiary/aromatic N) is 1. The molecule has 0 aliphatic carbocycles. The summed E-state index contributed by atoms with van der Waals surface area (Å²) in [5.41, 5.74) is 4.93. The van der Waals surface area contributed by atoms with E-state index in [1.165, 1.54) is 22.3 Å². The van der Waals surface area contributed by atoms with Gasteiger partial charge in [0.05, 0.1) is 5.41 Å². The van der Waals surface area contributed by atoms with E-state index < -0.39 is 11.4 Å². The topological polar surface area (TPSA) is 40.5 Å². The first-order valence-corrected chi connectivity index (χ1v) is 13.8. The number of carboxylic acid groups (broad SMARTS) is 1. The van der Waals surface area contributed by atoms with Gasteiger partial charge in [-0.05, 0) is 73.1 Å². The van der Waals surface area contributed by atoms with E-state index in [0.29, 0.717) is 12.8 Å². The number of hydrogen-bond acceptors (Lipinski definition) is 2. The predicted molar refractivity (Wildman–Crippen MR) is 155 cm³/mol. The minimum Gasteiger partial charge on any atom is -0.481 e. The number of carboxylic acids is 1. The van der Waals surface area contributed by atoms with Crippen LogP contribution >= 0.6 is 0 Å². The van der Waals surface area contributed by atoms with Crippen molar-refractivity contribution in [3.8, 4) is 0 Å². The van der Waals surface area contributed by atoms with Gasteiger partial charge < -0.3 is 10.0 Å². The number of hydrogen-bond donors (Lipinski definition) is 1. The Labute approximate surface area is 226 Å². The summed E-state index contributed by atoms with van der Waals surface area (Å²) in [6.07, 6.45) is 3.13. The molecule has 0 saturated carbocycles. The Balaban J connectivity index is 1.43. The lowest BCUT2D eigenvalue weighted by atomic mass is 9.67. The number of piperidine rings is 1. The van der Waals surface area contributed by atoms with Crippen molar-refractivity contribution in [3.63, 3.8) is 0 Å². The molecule has 0 bridgehead atoms. The van der Waals surface area contributed by atoms with Gasteiger partial charge in [-0.1, -0.05) is 122 Å². The van der Waals surface area contributed by atoms with Gasteiger partial charge in [0.1, 0.15) is 0 Å². The van der Waals surface area contributed by atoms with E-state index in [-0.39, 0.29) is 5.41 Å². The first-order chi connectivity index (χ1) is 18.6. The Morgan fingerprint density at radius 2 is 1.18 bits per heavy atom. The van der Waals surface area contributed by atoms with Crippen molar-refractivity contribution < 1.29 is 9.90 Å². The van der Waals surface area contributed by atoms with E-state index >= 15 is 0 Å². The lowest BCUT2D eigenvalue weighted by Crippen LogP contribution is -2.48. The van der Waals surface area contributed by atoms with Crippen molar-refractivity contribution in [2.24, 2.45) is 0 Å². The summed E-state index contributed by atoms with van der Waals surface area (Å²) in [6, 6.07) is 40.7. The van der Waals surface area contributed by atoms with Crippen LogP contribution in [0.25, 0.3) is 0 Å². The smallest absolute Gasteiger partial charge is 0.314 e. The molecule has 1 fully saturated rings. The summed E-state index contributed by atoms with van der Waals surface area (Å²) in [5, 5.41) is 10.3. The van der Waals surface area contributed by atoms with Crippen LogP contribution in [0.3, 0.4) is 0 Å². The molecular weight excluding hydrogens is 466 g/mol. The SMILES string of the molecule is CCc1ccc(C2(C(=O)O)CCN(CCC(c3ccccc3)(c3ccccc3)c3ccccc3)CC2)cc1. The van der Waals surface area contributed by atoms with E-state index in [2.05, 4.69) is 115 Å². The highest BCUT2D eigenvalue weighted by Crippen LogP contribution is 2.43.